The Balaban J connectivity index is 1.48. The maximum atomic E-state index is 12.8. The van der Waals surface area contributed by atoms with Crippen LogP contribution in [0.4, 0.5) is 0 Å². The predicted molar refractivity (Wildman–Crippen MR) is 107 cm³/mol. The molecule has 1 fully saturated rings. The summed E-state index contributed by atoms with van der Waals surface area (Å²) in [7, 11) is 0. The average molecular weight is 395 g/mol. The van der Waals surface area contributed by atoms with Gasteiger partial charge in [0.1, 0.15) is 11.6 Å². The van der Waals surface area contributed by atoms with Gasteiger partial charge in [0.15, 0.2) is 5.69 Å². The van der Waals surface area contributed by atoms with Gasteiger partial charge >= 0.3 is 5.69 Å². The van der Waals surface area contributed by atoms with Crippen LogP contribution in [-0.4, -0.2) is 43.4 Å². The van der Waals surface area contributed by atoms with E-state index in [9.17, 15) is 9.59 Å². The molecule has 1 amide bonds. The van der Waals surface area contributed by atoms with Crippen molar-refractivity contribution in [1.82, 2.24) is 24.4 Å². The molecular weight excluding hydrogens is 370 g/mol. The summed E-state index contributed by atoms with van der Waals surface area (Å²) in [5.41, 5.74) is 1.31. The van der Waals surface area contributed by atoms with Gasteiger partial charge in [-0.3, -0.25) is 9.36 Å². The normalized spacial score (nSPS) is 15.0. The molecule has 3 aromatic rings. The van der Waals surface area contributed by atoms with Gasteiger partial charge in [0.25, 0.3) is 5.91 Å². The summed E-state index contributed by atoms with van der Waals surface area (Å²) >= 11 is 0. The Labute approximate surface area is 168 Å². The number of hydrogen-bond donors (Lipinski definition) is 0. The molecule has 1 saturated heterocycles. The maximum absolute atomic E-state index is 12.8. The largest absolute Gasteiger partial charge is 0.361 e. The summed E-state index contributed by atoms with van der Waals surface area (Å²) < 4.78 is 8.32. The summed E-state index contributed by atoms with van der Waals surface area (Å²) in [6, 6.07) is 11.5. The fourth-order valence-electron chi connectivity index (χ4n) is 3.89. The summed E-state index contributed by atoms with van der Waals surface area (Å²) in [5, 5.41) is 8.49. The number of rotatable bonds is 5. The van der Waals surface area contributed by atoms with Gasteiger partial charge in [0.05, 0.1) is 6.54 Å². The lowest BCUT2D eigenvalue weighted by Gasteiger charge is -2.31. The van der Waals surface area contributed by atoms with Crippen molar-refractivity contribution in [1.29, 1.82) is 0 Å². The zero-order valence-corrected chi connectivity index (χ0v) is 16.7. The van der Waals surface area contributed by atoms with E-state index < -0.39 is 0 Å². The van der Waals surface area contributed by atoms with Crippen molar-refractivity contribution >= 4 is 5.91 Å². The molecule has 8 heteroatoms. The molecule has 152 valence electrons. The van der Waals surface area contributed by atoms with Crippen LogP contribution >= 0.6 is 0 Å². The standard InChI is InChI=1S/C21H25N5O3/c1-3-25-19(22-26(21(25)28)14-16-7-5-4-6-8-16)17-9-11-24(12-10-17)20(27)18-13-15(2)29-23-18/h4-8,13,17H,3,9-12,14H2,1-2H3. The van der Waals surface area contributed by atoms with Gasteiger partial charge in [-0.25, -0.2) is 9.48 Å². The quantitative estimate of drug-likeness (QED) is 0.662. The van der Waals surface area contributed by atoms with E-state index in [-0.39, 0.29) is 17.5 Å². The number of aryl methyl sites for hydroxylation is 1. The third-order valence-electron chi connectivity index (χ3n) is 5.44. The second-order valence-electron chi connectivity index (χ2n) is 7.42. The second-order valence-corrected chi connectivity index (χ2v) is 7.42. The molecule has 29 heavy (non-hydrogen) atoms. The number of likely N-dealkylation sites (tertiary alicyclic amines) is 1. The predicted octanol–water partition coefficient (Wildman–Crippen LogP) is 2.43. The Bertz CT molecular complexity index is 1040. The van der Waals surface area contributed by atoms with E-state index in [2.05, 4.69) is 10.3 Å². The van der Waals surface area contributed by atoms with Gasteiger partial charge in [-0.05, 0) is 32.3 Å². The molecule has 1 aliphatic heterocycles. The van der Waals surface area contributed by atoms with E-state index in [1.807, 2.05) is 37.3 Å². The highest BCUT2D eigenvalue weighted by Crippen LogP contribution is 2.27. The molecule has 8 nitrogen and oxygen atoms in total. The van der Waals surface area contributed by atoms with Crippen molar-refractivity contribution in [3.8, 4) is 0 Å². The SMILES string of the molecule is CCn1c(C2CCN(C(=O)c3cc(C)on3)CC2)nn(Cc2ccccc2)c1=O. The van der Waals surface area contributed by atoms with Crippen molar-refractivity contribution in [3.63, 3.8) is 0 Å². The van der Waals surface area contributed by atoms with Gasteiger partial charge in [-0.1, -0.05) is 35.5 Å². The number of hydrogen-bond acceptors (Lipinski definition) is 5. The van der Waals surface area contributed by atoms with Gasteiger partial charge < -0.3 is 9.42 Å². The molecule has 2 aromatic heterocycles. The van der Waals surface area contributed by atoms with Crippen molar-refractivity contribution in [2.75, 3.05) is 13.1 Å². The Kier molecular flexibility index (Phi) is 5.33. The minimum Gasteiger partial charge on any atom is -0.361 e. The average Bonchev–Trinajstić information content (AvgIpc) is 3.32. The third-order valence-corrected chi connectivity index (χ3v) is 5.44. The lowest BCUT2D eigenvalue weighted by molar-refractivity contribution is 0.0699. The van der Waals surface area contributed by atoms with Crippen molar-refractivity contribution < 1.29 is 9.32 Å². The van der Waals surface area contributed by atoms with Crippen LogP contribution in [0.5, 0.6) is 0 Å². The van der Waals surface area contributed by atoms with Crippen molar-refractivity contribution in [3.05, 3.63) is 69.7 Å². The second kappa shape index (κ2) is 8.06. The third kappa shape index (κ3) is 3.87. The number of benzene rings is 1. The van der Waals surface area contributed by atoms with Crippen LogP contribution in [0.15, 0.2) is 45.7 Å². The molecule has 3 heterocycles. The minimum absolute atomic E-state index is 0.0806. The first-order valence-electron chi connectivity index (χ1n) is 10.0. The monoisotopic (exact) mass is 395 g/mol. The molecular formula is C21H25N5O3. The summed E-state index contributed by atoms with van der Waals surface area (Å²) in [5.74, 6) is 1.49. The lowest BCUT2D eigenvalue weighted by Crippen LogP contribution is -2.38. The van der Waals surface area contributed by atoms with E-state index in [1.54, 1.807) is 27.1 Å². The molecule has 0 bridgehead atoms. The fraction of sp³-hybridized carbons (Fsp3) is 0.429. The Morgan fingerprint density at radius 1 is 1.21 bits per heavy atom. The zero-order valence-electron chi connectivity index (χ0n) is 16.7. The first kappa shape index (κ1) is 19.2. The highest BCUT2D eigenvalue weighted by atomic mass is 16.5. The number of aromatic nitrogens is 4. The molecule has 1 aromatic carbocycles. The highest BCUT2D eigenvalue weighted by molar-refractivity contribution is 5.92. The summed E-state index contributed by atoms with van der Waals surface area (Å²) in [4.78, 5) is 27.2. The first-order valence-corrected chi connectivity index (χ1v) is 10.0. The lowest BCUT2D eigenvalue weighted by atomic mass is 9.95. The number of nitrogens with zero attached hydrogens (tertiary/aromatic N) is 5. The van der Waals surface area contributed by atoms with E-state index in [0.717, 1.165) is 24.2 Å². The Hall–Kier alpha value is -3.16. The number of amides is 1. The highest BCUT2D eigenvalue weighted by Gasteiger charge is 2.29. The molecule has 0 radical (unpaired) electrons. The maximum Gasteiger partial charge on any atom is 0.346 e. The summed E-state index contributed by atoms with van der Waals surface area (Å²) in [6.07, 6.45) is 1.54. The van der Waals surface area contributed by atoms with E-state index >= 15 is 0 Å². The van der Waals surface area contributed by atoms with Gasteiger partial charge in [-0.15, -0.1) is 0 Å². The Morgan fingerprint density at radius 2 is 1.93 bits per heavy atom. The summed E-state index contributed by atoms with van der Waals surface area (Å²) in [6.45, 7) is 6.00. The molecule has 0 N–H and O–H groups in total. The van der Waals surface area contributed by atoms with Crippen LogP contribution in [-0.2, 0) is 13.1 Å². The number of carbonyl (C=O) groups excluding carboxylic acids is 1. The topological polar surface area (TPSA) is 86.2 Å². The molecule has 0 unspecified atom stereocenters. The molecule has 4 rings (SSSR count). The molecule has 1 aliphatic rings. The smallest absolute Gasteiger partial charge is 0.346 e. The van der Waals surface area contributed by atoms with E-state index in [0.29, 0.717) is 37.6 Å². The van der Waals surface area contributed by atoms with Crippen molar-refractivity contribution in [2.45, 2.75) is 45.7 Å². The van der Waals surface area contributed by atoms with Crippen LogP contribution in [0.25, 0.3) is 0 Å². The van der Waals surface area contributed by atoms with Crippen molar-refractivity contribution in [2.24, 2.45) is 0 Å². The molecule has 0 atom stereocenters. The fourth-order valence-corrected chi connectivity index (χ4v) is 3.89. The van der Waals surface area contributed by atoms with Crippen LogP contribution in [0.2, 0.25) is 0 Å². The molecule has 0 saturated carbocycles. The molecule has 0 spiro atoms. The zero-order chi connectivity index (χ0) is 20.4. The van der Waals surface area contributed by atoms with Crippen LogP contribution in [0.1, 0.15) is 53.3 Å². The van der Waals surface area contributed by atoms with Gasteiger partial charge in [-0.2, -0.15) is 5.10 Å². The van der Waals surface area contributed by atoms with Crippen LogP contribution in [0, 0.1) is 6.92 Å². The minimum atomic E-state index is -0.109. The number of carbonyl (C=O) groups is 1. The Morgan fingerprint density at radius 3 is 2.55 bits per heavy atom. The van der Waals surface area contributed by atoms with E-state index in [1.165, 1.54) is 0 Å². The van der Waals surface area contributed by atoms with Gasteiger partial charge in [0.2, 0.25) is 0 Å². The van der Waals surface area contributed by atoms with E-state index in [4.69, 9.17) is 4.52 Å². The van der Waals surface area contributed by atoms with Crippen LogP contribution < -0.4 is 5.69 Å². The first-order chi connectivity index (χ1) is 14.1. The van der Waals surface area contributed by atoms with Gasteiger partial charge in [0, 0.05) is 31.6 Å². The molecule has 0 aliphatic carbocycles. The number of piperidine rings is 1. The van der Waals surface area contributed by atoms with Crippen LogP contribution in [0.3, 0.4) is 0 Å².